The summed E-state index contributed by atoms with van der Waals surface area (Å²) in [5.41, 5.74) is 2.70. The Morgan fingerprint density at radius 1 is 1.47 bits per heavy atom. The molecule has 4 heteroatoms. The van der Waals surface area contributed by atoms with Gasteiger partial charge in [0.05, 0.1) is 11.4 Å². The van der Waals surface area contributed by atoms with Crippen LogP contribution >= 0.6 is 0 Å². The van der Waals surface area contributed by atoms with Crippen LogP contribution in [0.25, 0.3) is 0 Å². The Labute approximate surface area is 104 Å². The molecule has 1 aromatic rings. The summed E-state index contributed by atoms with van der Waals surface area (Å²) < 4.78 is 1.93. The molecule has 0 saturated carbocycles. The fraction of sp³-hybridized carbons (Fsp3) is 0.769. The molecule has 1 aromatic heterocycles. The lowest BCUT2D eigenvalue weighted by Gasteiger charge is -2.31. The van der Waals surface area contributed by atoms with Gasteiger partial charge in [0, 0.05) is 31.9 Å². The van der Waals surface area contributed by atoms with Crippen LogP contribution in [0.15, 0.2) is 6.20 Å². The Hall–Kier alpha value is -1.03. The van der Waals surface area contributed by atoms with Gasteiger partial charge in [-0.1, -0.05) is 6.92 Å². The third-order valence-corrected chi connectivity index (χ3v) is 3.35. The quantitative estimate of drug-likeness (QED) is 0.846. The Kier molecular flexibility index (Phi) is 3.43. The van der Waals surface area contributed by atoms with E-state index in [1.807, 2.05) is 11.7 Å². The predicted molar refractivity (Wildman–Crippen MR) is 71.5 cm³/mol. The summed E-state index contributed by atoms with van der Waals surface area (Å²) in [5, 5.41) is 8.13. The van der Waals surface area contributed by atoms with Crippen molar-refractivity contribution < 1.29 is 0 Å². The molecule has 0 aromatic carbocycles. The van der Waals surface area contributed by atoms with Crippen molar-refractivity contribution in [2.45, 2.75) is 39.2 Å². The molecule has 4 nitrogen and oxygen atoms in total. The zero-order valence-corrected chi connectivity index (χ0v) is 11.5. The normalized spacial score (nSPS) is 20.4. The Balaban J connectivity index is 2.25. The van der Waals surface area contributed by atoms with Crippen LogP contribution in [0, 0.1) is 0 Å². The second-order valence-corrected chi connectivity index (χ2v) is 5.57. The van der Waals surface area contributed by atoms with Crippen LogP contribution in [0.5, 0.6) is 0 Å². The molecule has 1 aliphatic heterocycles. The topological polar surface area (TPSA) is 33.1 Å². The van der Waals surface area contributed by atoms with Gasteiger partial charge in [-0.05, 0) is 33.2 Å². The molecular weight excluding hydrogens is 212 g/mol. The highest BCUT2D eigenvalue weighted by Gasteiger charge is 2.26. The van der Waals surface area contributed by atoms with E-state index in [2.05, 4.69) is 42.3 Å². The van der Waals surface area contributed by atoms with Crippen molar-refractivity contribution in [3.8, 4) is 0 Å². The average Bonchev–Trinajstić information content (AvgIpc) is 2.54. The van der Waals surface area contributed by atoms with Crippen LogP contribution in [0.1, 0.15) is 32.9 Å². The Morgan fingerprint density at radius 3 is 2.94 bits per heavy atom. The smallest absolute Gasteiger partial charge is 0.0855 e. The predicted octanol–water partition coefficient (Wildman–Crippen LogP) is 1.56. The lowest BCUT2D eigenvalue weighted by atomic mass is 10.1. The molecule has 0 atom stereocenters. The minimum Gasteiger partial charge on any atom is -0.367 e. The molecular formula is C13H24N4. The second kappa shape index (κ2) is 4.69. The lowest BCUT2D eigenvalue weighted by molar-refractivity contribution is 0.416. The van der Waals surface area contributed by atoms with E-state index in [1.54, 1.807) is 0 Å². The first kappa shape index (κ1) is 12.4. The molecule has 96 valence electrons. The fourth-order valence-electron chi connectivity index (χ4n) is 2.55. The first-order valence-electron chi connectivity index (χ1n) is 6.54. The third kappa shape index (κ3) is 2.80. The first-order valence-corrected chi connectivity index (χ1v) is 6.54. The fourth-order valence-corrected chi connectivity index (χ4v) is 2.55. The van der Waals surface area contributed by atoms with Crippen LogP contribution < -0.4 is 10.2 Å². The highest BCUT2D eigenvalue weighted by Crippen LogP contribution is 2.23. The molecule has 0 unspecified atom stereocenters. The van der Waals surface area contributed by atoms with Crippen molar-refractivity contribution in [3.05, 3.63) is 11.9 Å². The molecule has 2 rings (SSSR count). The van der Waals surface area contributed by atoms with Gasteiger partial charge in [0.2, 0.25) is 0 Å². The van der Waals surface area contributed by atoms with Crippen molar-refractivity contribution in [1.82, 2.24) is 15.1 Å². The van der Waals surface area contributed by atoms with Gasteiger partial charge in [-0.2, -0.15) is 5.10 Å². The van der Waals surface area contributed by atoms with Gasteiger partial charge in [0.25, 0.3) is 0 Å². The molecule has 1 N–H and O–H groups in total. The number of aromatic nitrogens is 2. The van der Waals surface area contributed by atoms with E-state index >= 15 is 0 Å². The minimum absolute atomic E-state index is 0.178. The van der Waals surface area contributed by atoms with Crippen LogP contribution in [0.3, 0.4) is 0 Å². The maximum atomic E-state index is 4.54. The highest BCUT2D eigenvalue weighted by atomic mass is 15.3. The van der Waals surface area contributed by atoms with E-state index in [9.17, 15) is 0 Å². The number of nitrogens with one attached hydrogen (secondary N) is 1. The zero-order chi connectivity index (χ0) is 12.5. The Bertz CT molecular complexity index is 381. The number of rotatable bonds is 2. The molecule has 0 amide bonds. The van der Waals surface area contributed by atoms with Crippen molar-refractivity contribution in [2.75, 3.05) is 24.5 Å². The number of hydrogen-bond donors (Lipinski definition) is 1. The third-order valence-electron chi connectivity index (χ3n) is 3.35. The molecule has 0 spiro atoms. The van der Waals surface area contributed by atoms with Gasteiger partial charge in [-0.25, -0.2) is 0 Å². The highest BCUT2D eigenvalue weighted by molar-refractivity contribution is 5.50. The van der Waals surface area contributed by atoms with Crippen LogP contribution in [0.2, 0.25) is 0 Å². The molecule has 0 bridgehead atoms. The van der Waals surface area contributed by atoms with Crippen LogP contribution in [0.4, 0.5) is 5.69 Å². The van der Waals surface area contributed by atoms with Crippen LogP contribution in [-0.2, 0) is 13.5 Å². The number of anilines is 1. The van der Waals surface area contributed by atoms with E-state index in [-0.39, 0.29) is 5.54 Å². The van der Waals surface area contributed by atoms with Gasteiger partial charge in [-0.15, -0.1) is 0 Å². The minimum atomic E-state index is 0.178. The maximum Gasteiger partial charge on any atom is 0.0855 e. The van der Waals surface area contributed by atoms with E-state index in [0.29, 0.717) is 0 Å². The van der Waals surface area contributed by atoms with E-state index in [4.69, 9.17) is 0 Å². The number of nitrogens with zero attached hydrogens (tertiary/aromatic N) is 3. The van der Waals surface area contributed by atoms with Gasteiger partial charge < -0.3 is 10.2 Å². The number of aryl methyl sites for hydroxylation is 2. The molecule has 0 aliphatic carbocycles. The van der Waals surface area contributed by atoms with E-state index in [1.165, 1.54) is 17.8 Å². The van der Waals surface area contributed by atoms with Gasteiger partial charge in [-0.3, -0.25) is 4.68 Å². The maximum absolute atomic E-state index is 4.54. The second-order valence-electron chi connectivity index (χ2n) is 5.57. The molecule has 17 heavy (non-hydrogen) atoms. The molecule has 0 radical (unpaired) electrons. The molecule has 1 fully saturated rings. The summed E-state index contributed by atoms with van der Waals surface area (Å²) in [7, 11) is 2.00. The first-order chi connectivity index (χ1) is 8.02. The lowest BCUT2D eigenvalue weighted by Crippen LogP contribution is -2.46. The summed E-state index contributed by atoms with van der Waals surface area (Å²) >= 11 is 0. The van der Waals surface area contributed by atoms with Crippen molar-refractivity contribution in [1.29, 1.82) is 0 Å². The van der Waals surface area contributed by atoms with Gasteiger partial charge in [0.15, 0.2) is 0 Å². The molecule has 1 aliphatic rings. The van der Waals surface area contributed by atoms with Crippen molar-refractivity contribution in [3.63, 3.8) is 0 Å². The summed E-state index contributed by atoms with van der Waals surface area (Å²) in [5.74, 6) is 0. The Morgan fingerprint density at radius 2 is 2.24 bits per heavy atom. The SMILES string of the molecule is CCc1nn(C)cc1N1CCCNC(C)(C)C1. The average molecular weight is 236 g/mol. The van der Waals surface area contributed by atoms with Crippen LogP contribution in [-0.4, -0.2) is 35.0 Å². The standard InChI is InChI=1S/C13H24N4/c1-5-11-12(9-16(4)15-11)17-8-6-7-14-13(2,3)10-17/h9,14H,5-8,10H2,1-4H3. The summed E-state index contributed by atoms with van der Waals surface area (Å²) in [6.45, 7) is 9.99. The largest absolute Gasteiger partial charge is 0.367 e. The van der Waals surface area contributed by atoms with Crippen molar-refractivity contribution in [2.24, 2.45) is 7.05 Å². The monoisotopic (exact) mass is 236 g/mol. The van der Waals surface area contributed by atoms with Gasteiger partial charge in [0.1, 0.15) is 0 Å². The van der Waals surface area contributed by atoms with E-state index in [0.717, 1.165) is 26.1 Å². The molecule has 2 heterocycles. The number of hydrogen-bond acceptors (Lipinski definition) is 3. The van der Waals surface area contributed by atoms with E-state index < -0.39 is 0 Å². The summed E-state index contributed by atoms with van der Waals surface area (Å²) in [6, 6.07) is 0. The summed E-state index contributed by atoms with van der Waals surface area (Å²) in [6.07, 6.45) is 4.35. The molecule has 1 saturated heterocycles. The van der Waals surface area contributed by atoms with Crippen molar-refractivity contribution >= 4 is 5.69 Å². The zero-order valence-electron chi connectivity index (χ0n) is 11.5. The van der Waals surface area contributed by atoms with Gasteiger partial charge >= 0.3 is 0 Å². The summed E-state index contributed by atoms with van der Waals surface area (Å²) in [4.78, 5) is 2.48.